The van der Waals surface area contributed by atoms with Crippen molar-refractivity contribution in [2.75, 3.05) is 6.54 Å². The Hall–Kier alpha value is -1.20. The van der Waals surface area contributed by atoms with Crippen LogP contribution < -0.4 is 5.32 Å². The predicted octanol–water partition coefficient (Wildman–Crippen LogP) is 2.93. The van der Waals surface area contributed by atoms with Gasteiger partial charge >= 0.3 is 0 Å². The fourth-order valence-electron chi connectivity index (χ4n) is 2.23. The first-order valence-corrected chi connectivity index (χ1v) is 8.06. The maximum atomic E-state index is 11.9. The zero-order valence-electron chi connectivity index (χ0n) is 13.2. The Morgan fingerprint density at radius 1 is 1.33 bits per heavy atom. The number of aliphatic hydroxyl groups is 1. The molecule has 0 spiro atoms. The molecule has 1 rings (SSSR count). The number of hydrogen-bond acceptors (Lipinski definition) is 4. The summed E-state index contributed by atoms with van der Waals surface area (Å²) in [6.45, 7) is 8.20. The van der Waals surface area contributed by atoms with Crippen molar-refractivity contribution < 1.29 is 14.7 Å². The molecule has 0 radical (unpaired) electrons. The molecular weight excluding hydrogens is 286 g/mol. The lowest BCUT2D eigenvalue weighted by atomic mass is 9.87. The Morgan fingerprint density at radius 3 is 2.52 bits per heavy atom. The van der Waals surface area contributed by atoms with Crippen LogP contribution in [0.1, 0.15) is 54.6 Å². The average molecular weight is 311 g/mol. The molecule has 1 aromatic rings. The number of carbonyl (C=O) groups excluding carboxylic acids is 2. The lowest BCUT2D eigenvalue weighted by molar-refractivity contribution is -0.121. The molecule has 0 saturated heterocycles. The molecule has 0 aliphatic rings. The minimum absolute atomic E-state index is 0.0199. The van der Waals surface area contributed by atoms with E-state index in [1.807, 2.05) is 32.9 Å². The predicted molar refractivity (Wildman–Crippen MR) is 85.7 cm³/mol. The van der Waals surface area contributed by atoms with E-state index in [0.29, 0.717) is 13.0 Å². The number of Topliss-reactive ketones (excluding diaryl/α,β-unsaturated/α-hetero) is 1. The van der Waals surface area contributed by atoms with E-state index in [4.69, 9.17) is 0 Å². The van der Waals surface area contributed by atoms with E-state index >= 15 is 0 Å². The van der Waals surface area contributed by atoms with Gasteiger partial charge in [-0.25, -0.2) is 0 Å². The number of rotatable bonds is 8. The standard InChI is InChI=1S/C16H25NO3S/c1-11(18)9-16(3,4)10-17-15(20)8-6-13(19)14-7-5-12(2)21-14/h5,7,11,18H,6,8-10H2,1-4H3,(H,17,20). The molecule has 0 bridgehead atoms. The van der Waals surface area contributed by atoms with Gasteiger partial charge in [0.05, 0.1) is 11.0 Å². The summed E-state index contributed by atoms with van der Waals surface area (Å²) in [5, 5.41) is 12.2. The molecule has 1 heterocycles. The van der Waals surface area contributed by atoms with E-state index in [1.165, 1.54) is 11.3 Å². The van der Waals surface area contributed by atoms with Crippen LogP contribution in [-0.2, 0) is 4.79 Å². The maximum Gasteiger partial charge on any atom is 0.220 e. The highest BCUT2D eigenvalue weighted by molar-refractivity contribution is 7.14. The van der Waals surface area contributed by atoms with Crippen molar-refractivity contribution in [2.45, 2.75) is 53.1 Å². The highest BCUT2D eigenvalue weighted by Gasteiger charge is 2.21. The van der Waals surface area contributed by atoms with Crippen molar-refractivity contribution in [2.24, 2.45) is 5.41 Å². The van der Waals surface area contributed by atoms with E-state index in [0.717, 1.165) is 9.75 Å². The monoisotopic (exact) mass is 311 g/mol. The molecule has 2 N–H and O–H groups in total. The molecule has 1 aromatic heterocycles. The van der Waals surface area contributed by atoms with Crippen molar-refractivity contribution in [3.8, 4) is 0 Å². The first-order valence-electron chi connectivity index (χ1n) is 7.24. The van der Waals surface area contributed by atoms with Gasteiger partial charge in [0.25, 0.3) is 0 Å². The number of thiophene rings is 1. The van der Waals surface area contributed by atoms with Crippen molar-refractivity contribution in [1.82, 2.24) is 5.32 Å². The van der Waals surface area contributed by atoms with Gasteiger partial charge in [-0.2, -0.15) is 0 Å². The van der Waals surface area contributed by atoms with Crippen molar-refractivity contribution in [3.63, 3.8) is 0 Å². The van der Waals surface area contributed by atoms with Crippen LogP contribution in [0.4, 0.5) is 0 Å². The van der Waals surface area contributed by atoms with Crippen molar-refractivity contribution >= 4 is 23.0 Å². The summed E-state index contributed by atoms with van der Waals surface area (Å²) in [5.74, 6) is -0.0956. The van der Waals surface area contributed by atoms with Gasteiger partial charge in [-0.15, -0.1) is 11.3 Å². The van der Waals surface area contributed by atoms with Gasteiger partial charge in [-0.3, -0.25) is 9.59 Å². The van der Waals surface area contributed by atoms with Crippen LogP contribution in [-0.4, -0.2) is 29.4 Å². The topological polar surface area (TPSA) is 66.4 Å². The Morgan fingerprint density at radius 2 is 2.00 bits per heavy atom. The summed E-state index contributed by atoms with van der Waals surface area (Å²) in [5.41, 5.74) is -0.154. The Balaban J connectivity index is 2.33. The summed E-state index contributed by atoms with van der Waals surface area (Å²) in [6.07, 6.45) is 0.685. The van der Waals surface area contributed by atoms with Crippen LogP contribution in [0.2, 0.25) is 0 Å². The molecule has 4 nitrogen and oxygen atoms in total. The number of nitrogens with one attached hydrogen (secondary N) is 1. The van der Waals surface area contributed by atoms with Gasteiger partial charge in [0.2, 0.25) is 5.91 Å². The van der Waals surface area contributed by atoms with Gasteiger partial charge in [0, 0.05) is 24.3 Å². The molecule has 1 amide bonds. The lowest BCUT2D eigenvalue weighted by Crippen LogP contribution is -2.35. The second-order valence-corrected chi connectivity index (χ2v) is 7.62. The molecule has 0 aliphatic heterocycles. The van der Waals surface area contributed by atoms with Crippen LogP contribution in [0, 0.1) is 12.3 Å². The van der Waals surface area contributed by atoms with Crippen LogP contribution in [0.5, 0.6) is 0 Å². The third-order valence-electron chi connectivity index (χ3n) is 3.21. The molecular formula is C16H25NO3S. The Labute approximate surface area is 130 Å². The second-order valence-electron chi connectivity index (χ2n) is 6.33. The van der Waals surface area contributed by atoms with Crippen molar-refractivity contribution in [3.05, 3.63) is 21.9 Å². The quantitative estimate of drug-likeness (QED) is 0.725. The summed E-state index contributed by atoms with van der Waals surface area (Å²) in [4.78, 5) is 25.5. The smallest absolute Gasteiger partial charge is 0.220 e. The fraction of sp³-hybridized carbons (Fsp3) is 0.625. The van der Waals surface area contributed by atoms with Gasteiger partial charge in [0.1, 0.15) is 0 Å². The fourth-order valence-corrected chi connectivity index (χ4v) is 3.07. The zero-order valence-corrected chi connectivity index (χ0v) is 14.0. The number of carbonyl (C=O) groups is 2. The van der Waals surface area contributed by atoms with Crippen LogP contribution in [0.15, 0.2) is 12.1 Å². The van der Waals surface area contributed by atoms with E-state index in [2.05, 4.69) is 5.32 Å². The first kappa shape index (κ1) is 17.9. The van der Waals surface area contributed by atoms with Gasteiger partial charge in [0.15, 0.2) is 5.78 Å². The molecule has 0 aliphatic carbocycles. The maximum absolute atomic E-state index is 11.9. The summed E-state index contributed by atoms with van der Waals surface area (Å²) >= 11 is 1.46. The lowest BCUT2D eigenvalue weighted by Gasteiger charge is -2.26. The van der Waals surface area contributed by atoms with Crippen LogP contribution >= 0.6 is 11.3 Å². The van der Waals surface area contributed by atoms with Gasteiger partial charge in [-0.05, 0) is 37.8 Å². The van der Waals surface area contributed by atoms with Crippen LogP contribution in [0.25, 0.3) is 0 Å². The number of amides is 1. The highest BCUT2D eigenvalue weighted by atomic mass is 32.1. The van der Waals surface area contributed by atoms with Crippen LogP contribution in [0.3, 0.4) is 0 Å². The van der Waals surface area contributed by atoms with E-state index in [-0.39, 0.29) is 36.1 Å². The molecule has 1 unspecified atom stereocenters. The molecule has 0 fully saturated rings. The number of hydrogen-bond donors (Lipinski definition) is 2. The van der Waals surface area contributed by atoms with E-state index in [1.54, 1.807) is 6.92 Å². The third-order valence-corrected chi connectivity index (χ3v) is 4.25. The minimum Gasteiger partial charge on any atom is -0.393 e. The number of aryl methyl sites for hydroxylation is 1. The highest BCUT2D eigenvalue weighted by Crippen LogP contribution is 2.21. The molecule has 118 valence electrons. The van der Waals surface area contributed by atoms with E-state index < -0.39 is 0 Å². The Bertz CT molecular complexity index is 491. The largest absolute Gasteiger partial charge is 0.393 e. The van der Waals surface area contributed by atoms with Gasteiger partial charge in [-0.1, -0.05) is 13.8 Å². The molecule has 0 aromatic carbocycles. The zero-order chi connectivity index (χ0) is 16.0. The summed E-state index contributed by atoms with van der Waals surface area (Å²) < 4.78 is 0. The average Bonchev–Trinajstić information content (AvgIpc) is 2.79. The summed E-state index contributed by atoms with van der Waals surface area (Å²) in [6, 6.07) is 3.72. The molecule has 0 saturated carbocycles. The minimum atomic E-state index is -0.388. The molecule has 21 heavy (non-hydrogen) atoms. The summed E-state index contributed by atoms with van der Waals surface area (Å²) in [7, 11) is 0. The van der Waals surface area contributed by atoms with Crippen molar-refractivity contribution in [1.29, 1.82) is 0 Å². The van der Waals surface area contributed by atoms with E-state index in [9.17, 15) is 14.7 Å². The second kappa shape index (κ2) is 7.71. The number of aliphatic hydroxyl groups excluding tert-OH is 1. The first-order chi connectivity index (χ1) is 9.69. The molecule has 5 heteroatoms. The van der Waals surface area contributed by atoms with Gasteiger partial charge < -0.3 is 10.4 Å². The Kier molecular flexibility index (Phi) is 6.55. The SMILES string of the molecule is Cc1ccc(C(=O)CCC(=O)NCC(C)(C)CC(C)O)s1. The molecule has 1 atom stereocenters. The normalized spacial score (nSPS) is 13.0. The third kappa shape index (κ3) is 6.87. The number of ketones is 1.